The van der Waals surface area contributed by atoms with Crippen molar-refractivity contribution in [2.75, 3.05) is 24.7 Å². The number of anilines is 1. The number of imide groups is 1. The van der Waals surface area contributed by atoms with E-state index in [4.69, 9.17) is 14.2 Å². The second-order valence-corrected chi connectivity index (χ2v) is 18.6. The van der Waals surface area contributed by atoms with Gasteiger partial charge < -0.3 is 29.7 Å². The number of nitrogens with one attached hydrogen (secondary N) is 1. The van der Waals surface area contributed by atoms with Crippen LogP contribution in [0.15, 0.2) is 169 Å². The molecule has 0 bridgehead atoms. The Morgan fingerprint density at radius 3 is 2.22 bits per heavy atom. The molecule has 0 saturated carbocycles. The Kier molecular flexibility index (Phi) is 14.2. The molecule has 15 nitrogen and oxygen atoms in total. The minimum atomic E-state index is -2.22. The molecule has 3 N–H and O–H groups in total. The molecule has 1 aliphatic carbocycles. The number of nitro groups is 1. The molecule has 0 radical (unpaired) electrons. The van der Waals surface area contributed by atoms with Gasteiger partial charge in [0.05, 0.1) is 41.3 Å². The molecular formula is C59H52N4O11. The molecule has 7 atom stereocenters. The number of para-hydroxylation sites is 1. The fourth-order valence-electron chi connectivity index (χ4n) is 11.1. The van der Waals surface area contributed by atoms with Gasteiger partial charge in [0.2, 0.25) is 11.8 Å². The van der Waals surface area contributed by atoms with E-state index in [1.165, 1.54) is 24.3 Å². The van der Waals surface area contributed by atoms with Crippen LogP contribution < -0.4 is 15.0 Å². The lowest BCUT2D eigenvalue weighted by Gasteiger charge is -2.46. The number of benzene rings is 6. The summed E-state index contributed by atoms with van der Waals surface area (Å²) in [5, 5.41) is 36.1. The Labute approximate surface area is 427 Å². The largest absolute Gasteiger partial charge is 0.491 e. The maximum absolute atomic E-state index is 16.7. The Bertz CT molecular complexity index is 3180. The molecule has 3 amide bonds. The molecule has 1 spiro atoms. The number of aliphatic hydroxyl groups is 2. The van der Waals surface area contributed by atoms with Crippen LogP contribution in [0.1, 0.15) is 88.9 Å². The first-order valence-corrected chi connectivity index (χ1v) is 24.6. The summed E-state index contributed by atoms with van der Waals surface area (Å²) in [5.74, 6) is 2.63. The number of carbonyl (C=O) groups is 4. The summed E-state index contributed by atoms with van der Waals surface area (Å²) < 4.78 is 18.8. The number of amides is 3. The van der Waals surface area contributed by atoms with Crippen LogP contribution in [0.4, 0.5) is 16.2 Å². The van der Waals surface area contributed by atoms with Crippen molar-refractivity contribution in [3.8, 4) is 17.6 Å². The van der Waals surface area contributed by atoms with Crippen LogP contribution >= 0.6 is 0 Å². The van der Waals surface area contributed by atoms with Gasteiger partial charge in [-0.3, -0.25) is 29.4 Å². The number of ether oxygens (including phenoxy) is 3. The lowest BCUT2D eigenvalue weighted by atomic mass is 9.65. The molecule has 3 heterocycles. The highest BCUT2D eigenvalue weighted by atomic mass is 16.6. The Morgan fingerprint density at radius 2 is 1.53 bits per heavy atom. The van der Waals surface area contributed by atoms with E-state index in [-0.39, 0.29) is 49.1 Å². The monoisotopic (exact) mass is 992 g/mol. The molecule has 3 aliphatic heterocycles. The number of allylic oxidation sites excluding steroid dienone is 2. The quantitative estimate of drug-likeness (QED) is 0.0432. The molecule has 6 aromatic rings. The Hall–Kier alpha value is -8.42. The first-order valence-electron chi connectivity index (χ1n) is 24.6. The normalized spacial score (nSPS) is 22.3. The number of nitro benzene ring substituents is 1. The maximum Gasteiger partial charge on any atom is 0.421 e. The average molecular weight is 993 g/mol. The van der Waals surface area contributed by atoms with Crippen molar-refractivity contribution in [3.63, 3.8) is 0 Å². The third-order valence-electron chi connectivity index (χ3n) is 14.3. The van der Waals surface area contributed by atoms with Crippen LogP contribution in [-0.4, -0.2) is 69.7 Å². The number of aliphatic hydroxyl groups excluding tert-OH is 2. The average Bonchev–Trinajstić information content (AvgIpc) is 3.90. The highest BCUT2D eigenvalue weighted by molar-refractivity contribution is 6.23. The second kappa shape index (κ2) is 21.3. The molecule has 0 unspecified atom stereocenters. The van der Waals surface area contributed by atoms with Crippen LogP contribution in [0, 0.1) is 27.9 Å². The summed E-state index contributed by atoms with van der Waals surface area (Å²) in [6.07, 6.45) is 2.49. The molecule has 10 rings (SSSR count). The van der Waals surface area contributed by atoms with E-state index in [1.54, 1.807) is 72.8 Å². The standard InChI is InChI=1S/C59H52N4O11/c64-33-34-72-49-24-14-13-23-45(49)54-59(46-35-39(26-25-38-15-5-1-6-16-38)29-32-47(46)61(57(59)68)58(69)73-37-40-27-30-44(31-28-40)63(70)71)50(55(66)60-36-48(65)41-17-7-2-8-18-41)52-56(67)74-53(43-21-11-4-12-22-43)51(62(52)54)42-19-9-3-10-20-42/h2-4,7-15,17-24,27-32,35,48,50-54,64-65H,1,5-6,16,33-34,36-37H2,(H,60,66)/t48-,50+,51+,52+,53-,54-,59+/m0/s1. The molecule has 2 saturated heterocycles. The summed E-state index contributed by atoms with van der Waals surface area (Å²) in [6.45, 7) is -1.23. The summed E-state index contributed by atoms with van der Waals surface area (Å²) in [5.41, 5.74) is 1.87. The van der Waals surface area contributed by atoms with Crippen molar-refractivity contribution in [1.29, 1.82) is 0 Å². The van der Waals surface area contributed by atoms with Crippen LogP contribution in [0.5, 0.6) is 5.75 Å². The van der Waals surface area contributed by atoms with Gasteiger partial charge in [-0.2, -0.15) is 0 Å². The topological polar surface area (TPSA) is 198 Å². The van der Waals surface area contributed by atoms with Crippen molar-refractivity contribution < 1.29 is 48.5 Å². The van der Waals surface area contributed by atoms with Gasteiger partial charge in [-0.1, -0.05) is 127 Å². The van der Waals surface area contributed by atoms with Crippen molar-refractivity contribution in [3.05, 3.63) is 218 Å². The van der Waals surface area contributed by atoms with Crippen molar-refractivity contribution >= 4 is 35.3 Å². The molecular weight excluding hydrogens is 941 g/mol. The molecule has 2 fully saturated rings. The molecule has 15 heteroatoms. The Morgan fingerprint density at radius 1 is 0.838 bits per heavy atom. The predicted molar refractivity (Wildman–Crippen MR) is 272 cm³/mol. The van der Waals surface area contributed by atoms with Gasteiger partial charge in [-0.25, -0.2) is 9.69 Å². The van der Waals surface area contributed by atoms with Gasteiger partial charge in [0, 0.05) is 29.8 Å². The number of hydrogen-bond acceptors (Lipinski definition) is 12. The number of nitrogens with zero attached hydrogens (tertiary/aromatic N) is 3. The summed E-state index contributed by atoms with van der Waals surface area (Å²) in [7, 11) is 0. The smallest absolute Gasteiger partial charge is 0.421 e. The summed E-state index contributed by atoms with van der Waals surface area (Å²) in [6, 6.07) is 40.8. The fraction of sp³-hybridized carbons (Fsp3) is 0.254. The van der Waals surface area contributed by atoms with Crippen LogP contribution in [-0.2, 0) is 35.9 Å². The molecule has 0 aromatic heterocycles. The number of rotatable bonds is 13. The van der Waals surface area contributed by atoms with E-state index in [2.05, 4.69) is 23.2 Å². The number of fused-ring (bicyclic) bond motifs is 3. The zero-order valence-electron chi connectivity index (χ0n) is 40.1. The van der Waals surface area contributed by atoms with Gasteiger partial charge in [0.25, 0.3) is 5.69 Å². The van der Waals surface area contributed by atoms with E-state index in [1.807, 2.05) is 65.6 Å². The van der Waals surface area contributed by atoms with Gasteiger partial charge >= 0.3 is 12.1 Å². The van der Waals surface area contributed by atoms with Gasteiger partial charge in [0.15, 0.2) is 0 Å². The third-order valence-corrected chi connectivity index (χ3v) is 14.3. The molecule has 6 aromatic carbocycles. The van der Waals surface area contributed by atoms with Crippen LogP contribution in [0.3, 0.4) is 0 Å². The third kappa shape index (κ3) is 9.19. The van der Waals surface area contributed by atoms with Gasteiger partial charge in [0.1, 0.15) is 36.5 Å². The Balaban J connectivity index is 1.23. The number of non-ortho nitro benzene ring substituents is 1. The van der Waals surface area contributed by atoms with Gasteiger partial charge in [-0.05, 0) is 95.5 Å². The fourth-order valence-corrected chi connectivity index (χ4v) is 11.1. The summed E-state index contributed by atoms with van der Waals surface area (Å²) in [4.78, 5) is 76.8. The number of esters is 1. The molecule has 374 valence electrons. The highest BCUT2D eigenvalue weighted by Crippen LogP contribution is 2.66. The van der Waals surface area contributed by atoms with E-state index >= 15 is 14.4 Å². The first kappa shape index (κ1) is 49.2. The van der Waals surface area contributed by atoms with Gasteiger partial charge in [-0.15, -0.1) is 0 Å². The number of morpholine rings is 1. The van der Waals surface area contributed by atoms with Crippen LogP contribution in [0.25, 0.3) is 0 Å². The highest BCUT2D eigenvalue weighted by Gasteiger charge is 2.76. The van der Waals surface area contributed by atoms with Crippen molar-refractivity contribution in [2.45, 2.75) is 68.0 Å². The van der Waals surface area contributed by atoms with Crippen molar-refractivity contribution in [2.24, 2.45) is 5.92 Å². The number of cyclic esters (lactones) is 1. The number of hydrogen-bond donors (Lipinski definition) is 3. The summed E-state index contributed by atoms with van der Waals surface area (Å²) >= 11 is 0. The maximum atomic E-state index is 16.7. The minimum absolute atomic E-state index is 0.0658. The lowest BCUT2D eigenvalue weighted by Crippen LogP contribution is -2.56. The van der Waals surface area contributed by atoms with Crippen molar-refractivity contribution in [1.82, 2.24) is 10.2 Å². The zero-order valence-corrected chi connectivity index (χ0v) is 40.1. The SMILES string of the molecule is O=C1O[C@@H](c2ccccc2)[C@@H](c2ccccc2)N2[C@@H](c3ccccc3OCCO)[C@]3(C(=O)N(C(=O)OCc4ccc([N+](=O)[O-])cc4)c4ccc(C#CC5=CCCCC5)cc43)[C@@H](C(=O)NC[C@H](O)c3ccccc3)[C@H]12. The zero-order chi connectivity index (χ0) is 51.3. The minimum Gasteiger partial charge on any atom is -0.491 e. The van der Waals surface area contributed by atoms with E-state index in [0.717, 1.165) is 36.2 Å². The van der Waals surface area contributed by atoms with E-state index in [0.29, 0.717) is 33.4 Å². The van der Waals surface area contributed by atoms with Crippen LogP contribution in [0.2, 0.25) is 0 Å². The molecule has 4 aliphatic rings. The predicted octanol–water partition coefficient (Wildman–Crippen LogP) is 8.67. The second-order valence-electron chi connectivity index (χ2n) is 18.6. The van der Waals surface area contributed by atoms with E-state index < -0.39 is 70.5 Å². The molecule has 74 heavy (non-hydrogen) atoms. The lowest BCUT2D eigenvalue weighted by molar-refractivity contribution is -0.384. The van der Waals surface area contributed by atoms with E-state index in [9.17, 15) is 25.1 Å². The first-order chi connectivity index (χ1) is 36.1. The number of carbonyl (C=O) groups excluding carboxylic acids is 4.